The van der Waals surface area contributed by atoms with Crippen LogP contribution in [0.5, 0.6) is 0 Å². The van der Waals surface area contributed by atoms with Crippen LogP contribution in [0.2, 0.25) is 0 Å². The third-order valence-corrected chi connectivity index (χ3v) is 6.37. The van der Waals surface area contributed by atoms with Gasteiger partial charge in [-0.2, -0.15) is 0 Å². The van der Waals surface area contributed by atoms with Gasteiger partial charge in [0.1, 0.15) is 24.1 Å². The van der Waals surface area contributed by atoms with Crippen molar-refractivity contribution in [3.63, 3.8) is 0 Å². The fourth-order valence-electron chi connectivity index (χ4n) is 3.42. The number of carbonyl (C=O) groups excluding carboxylic acids is 1. The Morgan fingerprint density at radius 2 is 1.97 bits per heavy atom. The molecule has 12 heteroatoms. The molecule has 1 aliphatic carbocycles. The number of H-pyrrole nitrogens is 1. The molecule has 8 nitrogen and oxygen atoms in total. The number of rotatable bonds is 7. The Morgan fingerprint density at radius 1 is 1.25 bits per heavy atom. The second-order valence-corrected chi connectivity index (χ2v) is 10.1. The van der Waals surface area contributed by atoms with Crippen LogP contribution in [0, 0.1) is 5.92 Å². The molecule has 2 aromatic heterocycles. The third kappa shape index (κ3) is 5.92. The molecule has 0 radical (unpaired) electrons. The van der Waals surface area contributed by atoms with E-state index >= 15 is 0 Å². The molecular weight excluding hydrogens is 493 g/mol. The van der Waals surface area contributed by atoms with E-state index in [-0.39, 0.29) is 17.0 Å². The summed E-state index contributed by atoms with van der Waals surface area (Å²) in [5.41, 5.74) is 2.17. The molecule has 36 heavy (non-hydrogen) atoms. The lowest BCUT2D eigenvalue weighted by Crippen LogP contribution is -2.17. The summed E-state index contributed by atoms with van der Waals surface area (Å²) in [4.78, 5) is 26.9. The van der Waals surface area contributed by atoms with Crippen molar-refractivity contribution in [2.24, 2.45) is 10.9 Å². The highest BCUT2D eigenvalue weighted by atomic mass is 32.2. The summed E-state index contributed by atoms with van der Waals surface area (Å²) in [6, 6.07) is 7.24. The van der Waals surface area contributed by atoms with Gasteiger partial charge in [-0.25, -0.2) is 28.1 Å². The molecule has 3 aromatic rings. The van der Waals surface area contributed by atoms with Crippen molar-refractivity contribution in [1.82, 2.24) is 15.0 Å². The molecule has 1 aromatic carbocycles. The van der Waals surface area contributed by atoms with Gasteiger partial charge in [0, 0.05) is 16.5 Å². The van der Waals surface area contributed by atoms with E-state index in [9.17, 15) is 18.0 Å². The predicted octanol–water partition coefficient (Wildman–Crippen LogP) is 5.85. The second kappa shape index (κ2) is 10.4. The minimum Gasteiger partial charge on any atom is -0.475 e. The number of aromatic nitrogens is 3. The van der Waals surface area contributed by atoms with Gasteiger partial charge in [0.25, 0.3) is 6.43 Å². The summed E-state index contributed by atoms with van der Waals surface area (Å²) in [6.45, 7) is 6.45. The van der Waals surface area contributed by atoms with Gasteiger partial charge < -0.3 is 20.4 Å². The molecule has 3 N–H and O–H groups in total. The maximum absolute atomic E-state index is 13.1. The van der Waals surface area contributed by atoms with Gasteiger partial charge >= 0.3 is 0 Å². The Hall–Kier alpha value is -3.28. The highest BCUT2D eigenvalue weighted by molar-refractivity contribution is 7.98. The Balaban J connectivity index is 0.000000543. The minimum atomic E-state index is -2.78. The van der Waals surface area contributed by atoms with Crippen LogP contribution < -0.4 is 10.6 Å². The van der Waals surface area contributed by atoms with Crippen LogP contribution in [0.15, 0.2) is 34.2 Å². The van der Waals surface area contributed by atoms with Crippen molar-refractivity contribution in [3.05, 3.63) is 35.7 Å². The first kappa shape index (κ1) is 25.8. The van der Waals surface area contributed by atoms with Gasteiger partial charge in [0.15, 0.2) is 11.5 Å². The normalized spacial score (nSPS) is 19.8. The van der Waals surface area contributed by atoms with Crippen molar-refractivity contribution < 1.29 is 22.7 Å². The van der Waals surface area contributed by atoms with Crippen LogP contribution in [-0.2, 0) is 9.53 Å². The van der Waals surface area contributed by atoms with Crippen LogP contribution in [0.4, 0.5) is 30.4 Å². The molecule has 5 rings (SSSR count). The number of fused-ring (bicyclic) bond motifs is 1. The number of imidazole rings is 1. The molecule has 1 aliphatic heterocycles. The van der Waals surface area contributed by atoms with E-state index in [0.717, 1.165) is 22.6 Å². The van der Waals surface area contributed by atoms with E-state index in [4.69, 9.17) is 4.74 Å². The number of hydrogen-bond acceptors (Lipinski definition) is 7. The van der Waals surface area contributed by atoms with Crippen LogP contribution in [0.3, 0.4) is 0 Å². The van der Waals surface area contributed by atoms with Gasteiger partial charge in [-0.05, 0) is 50.6 Å². The van der Waals surface area contributed by atoms with Crippen molar-refractivity contribution in [2.75, 3.05) is 23.5 Å². The summed E-state index contributed by atoms with van der Waals surface area (Å²) in [6.07, 6.45) is -0.0279. The standard InChI is InChI=1S/C20H20F2N6O2S.C4H7F/c1-20(2)8-30-19(28-20)10-4-5-11(13(6-10)31-3)24-12-7-14(23-9-29)25-17-15(12)26-18(27-17)16(21)22;1-3-2-4(3)5/h4-7,9,16H,8H2,1-3H3,(H3,23,24,25,26,27,29);3-4H,2H2,1H3. The SMILES string of the molecule is CC1CC1F.CSc1cc(C2=NC(C)(C)CO2)ccc1Nc1cc(NC=O)nc2nc(C(F)F)[nH]c12. The molecule has 2 unspecified atom stereocenters. The second-order valence-electron chi connectivity index (χ2n) is 9.23. The Bertz CT molecular complexity index is 1290. The lowest BCUT2D eigenvalue weighted by Gasteiger charge is -2.13. The largest absolute Gasteiger partial charge is 0.475 e. The Kier molecular flexibility index (Phi) is 7.43. The number of benzene rings is 1. The van der Waals surface area contributed by atoms with Gasteiger partial charge in [0.05, 0.1) is 16.9 Å². The van der Waals surface area contributed by atoms with Gasteiger partial charge in [-0.3, -0.25) is 4.79 Å². The number of aliphatic imine (C=N–C) groups is 1. The predicted molar refractivity (Wildman–Crippen MR) is 135 cm³/mol. The summed E-state index contributed by atoms with van der Waals surface area (Å²) < 4.78 is 43.5. The molecule has 1 amide bonds. The quantitative estimate of drug-likeness (QED) is 0.267. The number of hydrogen-bond donors (Lipinski definition) is 3. The molecule has 1 fully saturated rings. The number of halogens is 3. The first-order valence-corrected chi connectivity index (χ1v) is 12.5. The highest BCUT2D eigenvalue weighted by Gasteiger charge is 2.32. The zero-order valence-electron chi connectivity index (χ0n) is 20.2. The zero-order valence-corrected chi connectivity index (χ0v) is 21.0. The van der Waals surface area contributed by atoms with Gasteiger partial charge in [-0.1, -0.05) is 6.92 Å². The molecule has 0 spiro atoms. The summed E-state index contributed by atoms with van der Waals surface area (Å²) in [7, 11) is 0. The fourth-order valence-corrected chi connectivity index (χ4v) is 4.01. The lowest BCUT2D eigenvalue weighted by molar-refractivity contribution is -0.105. The number of nitrogens with one attached hydrogen (secondary N) is 3. The lowest BCUT2D eigenvalue weighted by atomic mass is 10.1. The Labute approximate surface area is 210 Å². The van der Waals surface area contributed by atoms with E-state index < -0.39 is 18.4 Å². The number of nitrogens with zero attached hydrogens (tertiary/aromatic N) is 3. The fraction of sp³-hybridized carbons (Fsp3) is 0.417. The van der Waals surface area contributed by atoms with Crippen molar-refractivity contribution in [3.8, 4) is 0 Å². The molecule has 2 aliphatic rings. The maximum atomic E-state index is 13.1. The van der Waals surface area contributed by atoms with Gasteiger partial charge in [0.2, 0.25) is 12.3 Å². The first-order chi connectivity index (χ1) is 17.1. The van der Waals surface area contributed by atoms with Crippen molar-refractivity contribution in [1.29, 1.82) is 0 Å². The number of carbonyl (C=O) groups is 1. The monoisotopic (exact) mass is 520 g/mol. The van der Waals surface area contributed by atoms with Crippen molar-refractivity contribution in [2.45, 2.75) is 50.2 Å². The molecule has 3 heterocycles. The van der Waals surface area contributed by atoms with E-state index in [1.165, 1.54) is 11.8 Å². The number of anilines is 3. The van der Waals surface area contributed by atoms with Crippen LogP contribution in [-0.4, -0.2) is 51.8 Å². The van der Waals surface area contributed by atoms with Crippen molar-refractivity contribution >= 4 is 52.4 Å². The Morgan fingerprint density at radius 3 is 2.53 bits per heavy atom. The summed E-state index contributed by atoms with van der Waals surface area (Å²) in [5, 5.41) is 5.67. The average molecular weight is 521 g/mol. The number of thioether (sulfide) groups is 1. The number of ether oxygens (including phenoxy) is 1. The van der Waals surface area contributed by atoms with E-state index in [2.05, 4.69) is 30.6 Å². The van der Waals surface area contributed by atoms with Crippen LogP contribution in [0.25, 0.3) is 11.2 Å². The average Bonchev–Trinajstić information content (AvgIpc) is 3.19. The number of amides is 1. The summed E-state index contributed by atoms with van der Waals surface area (Å²) >= 11 is 1.51. The van der Waals surface area contributed by atoms with Crippen LogP contribution in [0.1, 0.15) is 45.0 Å². The highest BCUT2D eigenvalue weighted by Crippen LogP contribution is 2.34. The number of alkyl halides is 3. The smallest absolute Gasteiger partial charge is 0.295 e. The van der Waals surface area contributed by atoms with E-state index in [1.807, 2.05) is 45.2 Å². The molecular formula is C24H27F3N6O2S. The molecule has 192 valence electrons. The zero-order chi connectivity index (χ0) is 26.0. The first-order valence-electron chi connectivity index (χ1n) is 11.3. The molecule has 0 bridgehead atoms. The van der Waals surface area contributed by atoms with Crippen LogP contribution >= 0.6 is 11.8 Å². The topological polar surface area (TPSA) is 104 Å². The minimum absolute atomic E-state index is 0.0721. The van der Waals surface area contributed by atoms with Gasteiger partial charge in [-0.15, -0.1) is 11.8 Å². The molecule has 1 saturated carbocycles. The summed E-state index contributed by atoms with van der Waals surface area (Å²) in [5.74, 6) is 0.671. The number of pyridine rings is 1. The van der Waals surface area contributed by atoms with E-state index in [1.54, 1.807) is 6.07 Å². The maximum Gasteiger partial charge on any atom is 0.295 e. The van der Waals surface area contributed by atoms with E-state index in [0.29, 0.717) is 36.0 Å². The third-order valence-electron chi connectivity index (χ3n) is 5.59. The molecule has 0 saturated heterocycles. The number of aromatic amines is 1. The molecule has 2 atom stereocenters.